The molecule has 2 aliphatic heterocycles. The second kappa shape index (κ2) is 8.41. The van der Waals surface area contributed by atoms with Gasteiger partial charge in [0.2, 0.25) is 0 Å². The van der Waals surface area contributed by atoms with Gasteiger partial charge in [-0.15, -0.1) is 0 Å². The van der Waals surface area contributed by atoms with Gasteiger partial charge in [-0.3, -0.25) is 0 Å². The van der Waals surface area contributed by atoms with Crippen molar-refractivity contribution in [2.24, 2.45) is 5.16 Å². The Labute approximate surface area is 193 Å². The molecule has 0 saturated carbocycles. The third-order valence-electron chi connectivity index (χ3n) is 6.33. The number of aryl methyl sites for hydroxylation is 1. The van der Waals surface area contributed by atoms with E-state index in [1.165, 1.54) is 0 Å². The van der Waals surface area contributed by atoms with E-state index < -0.39 is 11.8 Å². The van der Waals surface area contributed by atoms with Gasteiger partial charge >= 0.3 is 0 Å². The summed E-state index contributed by atoms with van der Waals surface area (Å²) in [5.74, 6) is 1.54. The highest BCUT2D eigenvalue weighted by Gasteiger charge is 2.53. The number of nitrogens with zero attached hydrogens (tertiary/aromatic N) is 4. The van der Waals surface area contributed by atoms with Gasteiger partial charge in [-0.25, -0.2) is 4.98 Å². The zero-order valence-corrected chi connectivity index (χ0v) is 19.1. The minimum Gasteiger partial charge on any atom is -0.495 e. The van der Waals surface area contributed by atoms with E-state index in [9.17, 15) is 5.11 Å². The maximum atomic E-state index is 10.8. The quantitative estimate of drug-likeness (QED) is 0.637. The number of oxime groups is 1. The van der Waals surface area contributed by atoms with E-state index in [4.69, 9.17) is 9.57 Å². The number of methoxy groups -OCH3 is 1. The highest BCUT2D eigenvalue weighted by molar-refractivity contribution is 6.03. The molecule has 1 aromatic heterocycles. The number of benzene rings is 2. The molecule has 1 saturated heterocycles. The van der Waals surface area contributed by atoms with Crippen LogP contribution in [-0.4, -0.2) is 45.2 Å². The summed E-state index contributed by atoms with van der Waals surface area (Å²) in [6, 6.07) is 15.9. The van der Waals surface area contributed by atoms with E-state index in [-0.39, 0.29) is 0 Å². The van der Waals surface area contributed by atoms with Crippen LogP contribution in [0.3, 0.4) is 0 Å². The first-order valence-electron chi connectivity index (χ1n) is 11.2. The zero-order valence-electron chi connectivity index (χ0n) is 19.1. The molecule has 2 atom stereocenters. The van der Waals surface area contributed by atoms with Crippen molar-refractivity contribution in [1.29, 1.82) is 0 Å². The minimum absolute atomic E-state index is 0.762. The van der Waals surface area contributed by atoms with Crippen molar-refractivity contribution in [1.82, 2.24) is 14.5 Å². The van der Waals surface area contributed by atoms with Crippen LogP contribution < -0.4 is 4.74 Å². The van der Waals surface area contributed by atoms with Gasteiger partial charge in [0.25, 0.3) is 5.72 Å². The van der Waals surface area contributed by atoms with Crippen LogP contribution in [-0.2, 0) is 10.6 Å². The number of amidine groups is 1. The van der Waals surface area contributed by atoms with Crippen LogP contribution in [0, 0.1) is 6.92 Å². The molecule has 5 rings (SSSR count). The minimum atomic E-state index is -1.02. The Morgan fingerprint density at radius 2 is 2.03 bits per heavy atom. The number of ether oxygens (including phenoxy) is 1. The van der Waals surface area contributed by atoms with Crippen molar-refractivity contribution < 1.29 is 14.7 Å². The molecule has 0 aliphatic carbocycles. The third-order valence-corrected chi connectivity index (χ3v) is 6.33. The van der Waals surface area contributed by atoms with Crippen LogP contribution in [0.2, 0.25) is 0 Å². The molecule has 1 N–H and O–H groups in total. The van der Waals surface area contributed by atoms with E-state index >= 15 is 0 Å². The van der Waals surface area contributed by atoms with Crippen LogP contribution in [0.25, 0.3) is 11.8 Å². The number of aliphatic hydroxyl groups excluding tert-OH is 1. The van der Waals surface area contributed by atoms with Crippen molar-refractivity contribution in [2.45, 2.75) is 38.5 Å². The largest absolute Gasteiger partial charge is 0.495 e. The molecular weight excluding hydrogens is 416 g/mol. The number of aromatic nitrogens is 2. The van der Waals surface area contributed by atoms with Crippen molar-refractivity contribution in [3.8, 4) is 11.4 Å². The van der Waals surface area contributed by atoms with Gasteiger partial charge in [-0.05, 0) is 56.0 Å². The molecule has 170 valence electrons. The normalized spacial score (nSPS) is 22.0. The second-order valence-electron chi connectivity index (χ2n) is 8.52. The smallest absolute Gasteiger partial charge is 0.262 e. The fraction of sp³-hybridized carbons (Fsp3) is 0.308. The molecule has 33 heavy (non-hydrogen) atoms. The van der Waals surface area contributed by atoms with Gasteiger partial charge in [-0.1, -0.05) is 41.6 Å². The number of hydrogen-bond acceptors (Lipinski definition) is 6. The van der Waals surface area contributed by atoms with Gasteiger partial charge in [0.1, 0.15) is 11.9 Å². The molecule has 2 unspecified atom stereocenters. The number of aliphatic hydroxyl groups is 1. The summed E-state index contributed by atoms with van der Waals surface area (Å²) in [5, 5.41) is 15.3. The Morgan fingerprint density at radius 3 is 2.73 bits per heavy atom. The van der Waals surface area contributed by atoms with Crippen molar-refractivity contribution in [2.75, 3.05) is 13.7 Å². The lowest BCUT2D eigenvalue weighted by molar-refractivity contribution is -0.173. The Balaban J connectivity index is 1.49. The summed E-state index contributed by atoms with van der Waals surface area (Å²) in [5.41, 5.74) is 3.85. The lowest BCUT2D eigenvalue weighted by atomic mass is 9.91. The molecule has 3 aromatic rings. The molecule has 2 aromatic carbocycles. The predicted octanol–water partition coefficient (Wildman–Crippen LogP) is 4.25. The van der Waals surface area contributed by atoms with E-state index in [1.54, 1.807) is 20.4 Å². The second-order valence-corrected chi connectivity index (χ2v) is 8.52. The maximum absolute atomic E-state index is 10.8. The summed E-state index contributed by atoms with van der Waals surface area (Å²) >= 11 is 0. The molecule has 7 nitrogen and oxygen atoms in total. The number of piperidine rings is 1. The summed E-state index contributed by atoms with van der Waals surface area (Å²) in [4.78, 5) is 12.4. The van der Waals surface area contributed by atoms with Gasteiger partial charge < -0.3 is 24.1 Å². The molecule has 0 amide bonds. The average molecular weight is 445 g/mol. The summed E-state index contributed by atoms with van der Waals surface area (Å²) in [6.07, 6.45) is 6.95. The summed E-state index contributed by atoms with van der Waals surface area (Å²) < 4.78 is 7.63. The van der Waals surface area contributed by atoms with E-state index in [1.807, 2.05) is 60.2 Å². The molecule has 2 aliphatic rings. The fourth-order valence-corrected chi connectivity index (χ4v) is 4.73. The Bertz CT molecular complexity index is 1220. The van der Waals surface area contributed by atoms with Crippen LogP contribution >= 0.6 is 0 Å². The third kappa shape index (κ3) is 3.58. The van der Waals surface area contributed by atoms with Gasteiger partial charge in [0.05, 0.1) is 24.8 Å². The van der Waals surface area contributed by atoms with E-state index in [0.29, 0.717) is 0 Å². The first-order chi connectivity index (χ1) is 16.0. The molecule has 3 heterocycles. The molecule has 0 spiro atoms. The monoisotopic (exact) mass is 444 g/mol. The average Bonchev–Trinajstić information content (AvgIpc) is 3.44. The lowest BCUT2D eigenvalue weighted by Crippen LogP contribution is -2.54. The number of imidazole rings is 1. The Morgan fingerprint density at radius 1 is 1.21 bits per heavy atom. The number of fused-ring (bicyclic) bond motifs is 1. The van der Waals surface area contributed by atoms with Crippen LogP contribution in [0.5, 0.6) is 5.75 Å². The van der Waals surface area contributed by atoms with Gasteiger partial charge in [0, 0.05) is 18.3 Å². The van der Waals surface area contributed by atoms with Crippen LogP contribution in [0.15, 0.2) is 71.8 Å². The fourth-order valence-electron chi connectivity index (χ4n) is 4.73. The van der Waals surface area contributed by atoms with Crippen molar-refractivity contribution >= 4 is 11.9 Å². The SMILES string of the molecule is COc1cc(/C=C2\CCCN3C2=NOC3(c2ccccc2)C(C)O)ccc1-n1cnc(C)c1. The Kier molecular flexibility index (Phi) is 5.42. The molecule has 1 fully saturated rings. The molecule has 0 radical (unpaired) electrons. The number of hydrogen-bond donors (Lipinski definition) is 1. The number of rotatable bonds is 5. The highest BCUT2D eigenvalue weighted by atomic mass is 16.7. The van der Waals surface area contributed by atoms with Crippen LogP contribution in [0.4, 0.5) is 0 Å². The molecular formula is C26H28N4O3. The van der Waals surface area contributed by atoms with E-state index in [2.05, 4.69) is 27.2 Å². The topological polar surface area (TPSA) is 72.1 Å². The first-order valence-corrected chi connectivity index (χ1v) is 11.2. The lowest BCUT2D eigenvalue weighted by Gasteiger charge is -2.41. The zero-order chi connectivity index (χ0) is 23.0. The first kappa shape index (κ1) is 21.3. The van der Waals surface area contributed by atoms with Crippen molar-refractivity contribution in [3.05, 3.63) is 83.4 Å². The standard InChI is InChI=1S/C26H28N4O3/c1-18-16-29(17-27-18)23-12-11-20(15-24(23)32-3)14-21-8-7-13-30-25(21)28-33-26(30,19(2)31)22-9-5-4-6-10-22/h4-6,9-12,14-17,19,31H,7-8,13H2,1-3H3/b21-14+. The molecule has 0 bridgehead atoms. The van der Waals surface area contributed by atoms with E-state index in [0.717, 1.165) is 59.1 Å². The maximum Gasteiger partial charge on any atom is 0.262 e. The predicted molar refractivity (Wildman–Crippen MR) is 127 cm³/mol. The summed E-state index contributed by atoms with van der Waals surface area (Å²) in [7, 11) is 1.67. The van der Waals surface area contributed by atoms with Gasteiger partial charge in [-0.2, -0.15) is 0 Å². The van der Waals surface area contributed by atoms with Crippen LogP contribution in [0.1, 0.15) is 36.6 Å². The summed E-state index contributed by atoms with van der Waals surface area (Å²) in [6.45, 7) is 4.48. The highest BCUT2D eigenvalue weighted by Crippen LogP contribution is 2.42. The van der Waals surface area contributed by atoms with Gasteiger partial charge in [0.15, 0.2) is 5.84 Å². The van der Waals surface area contributed by atoms with Crippen molar-refractivity contribution in [3.63, 3.8) is 0 Å². The molecule has 7 heteroatoms. The Hall–Kier alpha value is -3.58.